The van der Waals surface area contributed by atoms with Crippen molar-refractivity contribution >= 4 is 44.8 Å². The maximum atomic E-state index is 12.6. The Balaban J connectivity index is 2.34. The third kappa shape index (κ3) is 2.51. The summed E-state index contributed by atoms with van der Waals surface area (Å²) < 4.78 is 1.53. The number of carbonyl (C=O) groups excluding carboxylic acids is 1. The van der Waals surface area contributed by atoms with E-state index in [0.29, 0.717) is 32.3 Å². The van der Waals surface area contributed by atoms with E-state index >= 15 is 0 Å². The van der Waals surface area contributed by atoms with E-state index in [2.05, 4.69) is 15.9 Å². The molecule has 0 aliphatic carbocycles. The number of amides is 1. The average Bonchev–Trinajstić information content (AvgIpc) is 2.56. The Hall–Kier alpha value is -1.85. The number of hydrogen-bond donors (Lipinski definition) is 0. The van der Waals surface area contributed by atoms with Crippen molar-refractivity contribution in [2.24, 2.45) is 0 Å². The molecule has 0 saturated heterocycles. The van der Waals surface area contributed by atoms with E-state index in [1.165, 1.54) is 4.90 Å². The first-order valence-electron chi connectivity index (χ1n) is 6.62. The number of hydrogen-bond acceptors (Lipinski definition) is 2. The van der Waals surface area contributed by atoms with Gasteiger partial charge in [-0.1, -0.05) is 39.7 Å². The summed E-state index contributed by atoms with van der Waals surface area (Å²) in [5, 5.41) is 13.0. The van der Waals surface area contributed by atoms with Gasteiger partial charge in [0.25, 0.3) is 5.91 Å². The number of benzodiazepines with no additional fused rings is 1. The van der Waals surface area contributed by atoms with Crippen molar-refractivity contribution in [2.45, 2.75) is 0 Å². The smallest absolute Gasteiger partial charge is 0.293 e. The second kappa shape index (κ2) is 5.74. The molecule has 1 amide bonds. The minimum absolute atomic E-state index is 0.247. The summed E-state index contributed by atoms with van der Waals surface area (Å²) in [6, 6.07) is 12.6. The van der Waals surface area contributed by atoms with Crippen molar-refractivity contribution in [1.29, 1.82) is 0 Å². The quantitative estimate of drug-likeness (QED) is 0.563. The summed E-state index contributed by atoms with van der Waals surface area (Å²) in [5.41, 5.74) is 2.37. The number of halogens is 2. The van der Waals surface area contributed by atoms with E-state index in [1.54, 1.807) is 25.2 Å². The van der Waals surface area contributed by atoms with Crippen molar-refractivity contribution in [3.63, 3.8) is 0 Å². The molecular formula is C16H12BrClN2O2. The molecule has 22 heavy (non-hydrogen) atoms. The van der Waals surface area contributed by atoms with Gasteiger partial charge >= 0.3 is 0 Å². The lowest BCUT2D eigenvalue weighted by Crippen LogP contribution is -2.31. The highest BCUT2D eigenvalue weighted by Crippen LogP contribution is 2.30. The Morgan fingerprint density at radius 1 is 1.23 bits per heavy atom. The molecule has 0 unspecified atom stereocenters. The lowest BCUT2D eigenvalue weighted by molar-refractivity contribution is -0.443. The van der Waals surface area contributed by atoms with Crippen LogP contribution in [-0.2, 0) is 4.79 Å². The highest BCUT2D eigenvalue weighted by molar-refractivity contribution is 9.10. The monoisotopic (exact) mass is 378 g/mol. The molecule has 0 saturated carbocycles. The van der Waals surface area contributed by atoms with Gasteiger partial charge in [-0.2, -0.15) is 4.74 Å². The van der Waals surface area contributed by atoms with Crippen LogP contribution in [0.4, 0.5) is 5.69 Å². The number of rotatable bonds is 1. The van der Waals surface area contributed by atoms with Crippen molar-refractivity contribution < 1.29 is 9.53 Å². The molecule has 1 aliphatic heterocycles. The Morgan fingerprint density at radius 3 is 2.68 bits per heavy atom. The van der Waals surface area contributed by atoms with Gasteiger partial charge in [0.05, 0.1) is 21.8 Å². The lowest BCUT2D eigenvalue weighted by atomic mass is 10.00. The summed E-state index contributed by atoms with van der Waals surface area (Å²) in [5.74, 6) is -0.263. The van der Waals surface area contributed by atoms with Crippen LogP contribution >= 0.6 is 27.5 Å². The number of hydroxylamine groups is 1. The van der Waals surface area contributed by atoms with Crippen LogP contribution in [0.1, 0.15) is 11.1 Å². The average molecular weight is 380 g/mol. The molecule has 1 heterocycles. The van der Waals surface area contributed by atoms with Crippen LogP contribution in [0.3, 0.4) is 0 Å². The van der Waals surface area contributed by atoms with E-state index in [1.807, 2.05) is 24.3 Å². The Labute approximate surface area is 141 Å². The standard InChI is InChI=1S/C16H12BrClN2O2/c1-19-14-7-6-10(17)8-12(14)16(20(22)9-15(19)21)11-4-2-3-5-13(11)18/h2-8H,9H2,1H3. The highest BCUT2D eigenvalue weighted by atomic mass is 79.9. The van der Waals surface area contributed by atoms with Gasteiger partial charge in [0, 0.05) is 11.5 Å². The van der Waals surface area contributed by atoms with Crippen LogP contribution in [0.15, 0.2) is 46.9 Å². The molecule has 0 fully saturated rings. The highest BCUT2D eigenvalue weighted by Gasteiger charge is 2.30. The molecule has 0 aromatic heterocycles. The van der Waals surface area contributed by atoms with Crippen molar-refractivity contribution in [3.8, 4) is 0 Å². The molecule has 2 aromatic carbocycles. The first-order valence-corrected chi connectivity index (χ1v) is 7.79. The zero-order chi connectivity index (χ0) is 15.9. The fraction of sp³-hybridized carbons (Fsp3) is 0.125. The van der Waals surface area contributed by atoms with Gasteiger partial charge in [-0.15, -0.1) is 0 Å². The van der Waals surface area contributed by atoms with Crippen molar-refractivity contribution in [1.82, 2.24) is 0 Å². The first kappa shape index (κ1) is 15.1. The Bertz CT molecular complexity index is 804. The zero-order valence-electron chi connectivity index (χ0n) is 11.7. The molecule has 1 aliphatic rings. The maximum Gasteiger partial charge on any atom is 0.293 e. The van der Waals surface area contributed by atoms with E-state index in [-0.39, 0.29) is 12.5 Å². The summed E-state index contributed by atoms with van der Waals surface area (Å²) in [6.07, 6.45) is 0. The summed E-state index contributed by atoms with van der Waals surface area (Å²) in [4.78, 5) is 13.7. The first-order chi connectivity index (χ1) is 10.5. The molecule has 2 aromatic rings. The topological polar surface area (TPSA) is 46.4 Å². The fourth-order valence-electron chi connectivity index (χ4n) is 2.50. The summed E-state index contributed by atoms with van der Waals surface area (Å²) >= 11 is 9.68. The number of carbonyl (C=O) groups is 1. The second-order valence-electron chi connectivity index (χ2n) is 4.98. The molecule has 0 N–H and O–H groups in total. The molecule has 112 valence electrons. The SMILES string of the molecule is CN1C(=O)C[N+]([O-])=C(c2ccccc2Cl)c2cc(Br)ccc21. The third-order valence-corrected chi connectivity index (χ3v) is 4.43. The predicted octanol–water partition coefficient (Wildman–Crippen LogP) is 3.43. The van der Waals surface area contributed by atoms with Crippen LogP contribution in [-0.4, -0.2) is 30.0 Å². The number of likely N-dealkylation sites (N-methyl/N-ethyl adjacent to an activating group) is 1. The zero-order valence-corrected chi connectivity index (χ0v) is 14.1. The van der Waals surface area contributed by atoms with Gasteiger partial charge in [0.1, 0.15) is 0 Å². The Morgan fingerprint density at radius 2 is 1.95 bits per heavy atom. The largest absolute Gasteiger partial charge is 0.623 e. The summed E-state index contributed by atoms with van der Waals surface area (Å²) in [7, 11) is 1.67. The van der Waals surface area contributed by atoms with Crippen LogP contribution in [0.2, 0.25) is 5.02 Å². The number of benzene rings is 2. The molecule has 0 bridgehead atoms. The van der Waals surface area contributed by atoms with Gasteiger partial charge < -0.3 is 10.1 Å². The molecule has 0 spiro atoms. The van der Waals surface area contributed by atoms with E-state index < -0.39 is 0 Å². The minimum Gasteiger partial charge on any atom is -0.623 e. The molecule has 3 rings (SSSR count). The molecule has 0 radical (unpaired) electrons. The summed E-state index contributed by atoms with van der Waals surface area (Å²) in [6.45, 7) is -0.247. The van der Waals surface area contributed by atoms with Crippen LogP contribution < -0.4 is 4.90 Å². The van der Waals surface area contributed by atoms with Gasteiger partial charge in [-0.25, -0.2) is 0 Å². The number of nitrogens with zero attached hydrogens (tertiary/aromatic N) is 2. The molecule has 4 nitrogen and oxygen atoms in total. The van der Waals surface area contributed by atoms with Gasteiger partial charge in [-0.05, 0) is 30.3 Å². The van der Waals surface area contributed by atoms with Crippen LogP contribution in [0, 0.1) is 5.21 Å². The van der Waals surface area contributed by atoms with Crippen molar-refractivity contribution in [2.75, 3.05) is 18.5 Å². The minimum atomic E-state index is -0.263. The second-order valence-corrected chi connectivity index (χ2v) is 6.30. The van der Waals surface area contributed by atoms with Gasteiger partial charge in [0.15, 0.2) is 0 Å². The normalized spacial score (nSPS) is 14.9. The van der Waals surface area contributed by atoms with Crippen molar-refractivity contribution in [3.05, 3.63) is 68.3 Å². The Kier molecular flexibility index (Phi) is 3.93. The van der Waals surface area contributed by atoms with E-state index in [9.17, 15) is 10.0 Å². The molecule has 0 atom stereocenters. The molecule has 6 heteroatoms. The fourth-order valence-corrected chi connectivity index (χ4v) is 3.09. The number of fused-ring (bicyclic) bond motifs is 1. The third-order valence-electron chi connectivity index (χ3n) is 3.61. The van der Waals surface area contributed by atoms with E-state index in [4.69, 9.17) is 11.6 Å². The van der Waals surface area contributed by atoms with Gasteiger partial charge in [0.2, 0.25) is 12.3 Å². The van der Waals surface area contributed by atoms with Crippen LogP contribution in [0.5, 0.6) is 0 Å². The van der Waals surface area contributed by atoms with E-state index in [0.717, 1.165) is 4.47 Å². The van der Waals surface area contributed by atoms with Crippen LogP contribution in [0.25, 0.3) is 0 Å². The predicted molar refractivity (Wildman–Crippen MR) is 90.7 cm³/mol. The van der Waals surface area contributed by atoms with Gasteiger partial charge in [-0.3, -0.25) is 4.79 Å². The molecular weight excluding hydrogens is 368 g/mol. The number of anilines is 1. The maximum absolute atomic E-state index is 12.6. The lowest BCUT2D eigenvalue weighted by Gasteiger charge is -2.16.